The fourth-order valence-corrected chi connectivity index (χ4v) is 4.93. The number of H-pyrrole nitrogens is 1. The fourth-order valence-electron chi connectivity index (χ4n) is 2.24. The number of aromatic nitrogens is 1. The molecule has 0 amide bonds. The molecular formula is C14H12ClN3O2S3. The third-order valence-corrected chi connectivity index (χ3v) is 7.13. The number of thiocarbonyl (C=S) groups is 1. The van der Waals surface area contributed by atoms with Gasteiger partial charge in [-0.15, -0.1) is 11.3 Å². The van der Waals surface area contributed by atoms with Crippen molar-refractivity contribution in [2.75, 3.05) is 11.4 Å². The van der Waals surface area contributed by atoms with Crippen LogP contribution in [0.1, 0.15) is 5.69 Å². The van der Waals surface area contributed by atoms with E-state index >= 15 is 0 Å². The van der Waals surface area contributed by atoms with E-state index < -0.39 is 10.0 Å². The van der Waals surface area contributed by atoms with Crippen molar-refractivity contribution in [2.24, 2.45) is 5.73 Å². The van der Waals surface area contributed by atoms with E-state index in [0.29, 0.717) is 27.3 Å². The third-order valence-electron chi connectivity index (χ3n) is 3.43. The quantitative estimate of drug-likeness (QED) is 0.675. The number of rotatable bonds is 4. The SMILES string of the molecule is CN(c1ccc(Cl)c2cc(C(N)=S)[nH]c12)S(=O)(=O)c1cccs1. The van der Waals surface area contributed by atoms with E-state index in [1.54, 1.807) is 35.7 Å². The van der Waals surface area contributed by atoms with Gasteiger partial charge in [0.25, 0.3) is 10.0 Å². The minimum absolute atomic E-state index is 0.187. The molecule has 5 nitrogen and oxygen atoms in total. The molecule has 23 heavy (non-hydrogen) atoms. The monoisotopic (exact) mass is 385 g/mol. The summed E-state index contributed by atoms with van der Waals surface area (Å²) in [6, 6.07) is 8.28. The summed E-state index contributed by atoms with van der Waals surface area (Å²) < 4.78 is 26.9. The Morgan fingerprint density at radius 3 is 2.74 bits per heavy atom. The fraction of sp³-hybridized carbons (Fsp3) is 0.0714. The number of halogens is 1. The first-order valence-electron chi connectivity index (χ1n) is 6.46. The van der Waals surface area contributed by atoms with Crippen LogP contribution in [-0.4, -0.2) is 25.4 Å². The smallest absolute Gasteiger partial charge is 0.273 e. The number of nitrogens with one attached hydrogen (secondary N) is 1. The molecule has 0 aliphatic carbocycles. The molecule has 0 saturated heterocycles. The van der Waals surface area contributed by atoms with E-state index in [2.05, 4.69) is 4.98 Å². The lowest BCUT2D eigenvalue weighted by molar-refractivity contribution is 0.596. The van der Waals surface area contributed by atoms with Crippen LogP contribution in [0.2, 0.25) is 5.02 Å². The Morgan fingerprint density at radius 1 is 1.39 bits per heavy atom. The molecule has 120 valence electrons. The van der Waals surface area contributed by atoms with Gasteiger partial charge < -0.3 is 10.7 Å². The average molecular weight is 386 g/mol. The van der Waals surface area contributed by atoms with Gasteiger partial charge in [-0.05, 0) is 29.6 Å². The lowest BCUT2D eigenvalue weighted by atomic mass is 10.2. The normalized spacial score (nSPS) is 11.7. The first kappa shape index (κ1) is 16.3. The highest BCUT2D eigenvalue weighted by Crippen LogP contribution is 2.34. The molecule has 3 aromatic rings. The number of thiophene rings is 1. The van der Waals surface area contributed by atoms with Gasteiger partial charge in [0, 0.05) is 12.4 Å². The van der Waals surface area contributed by atoms with Crippen LogP contribution in [0.4, 0.5) is 5.69 Å². The minimum atomic E-state index is -3.64. The first-order chi connectivity index (χ1) is 10.8. The van der Waals surface area contributed by atoms with Crippen molar-refractivity contribution in [1.29, 1.82) is 0 Å². The van der Waals surface area contributed by atoms with Crippen LogP contribution in [0.3, 0.4) is 0 Å². The summed E-state index contributed by atoms with van der Waals surface area (Å²) in [5.41, 5.74) is 7.22. The summed E-state index contributed by atoms with van der Waals surface area (Å²) in [6.07, 6.45) is 0. The number of benzene rings is 1. The molecule has 0 atom stereocenters. The molecule has 1 aromatic carbocycles. The Bertz CT molecular complexity index is 994. The Hall–Kier alpha value is -1.61. The second-order valence-electron chi connectivity index (χ2n) is 4.81. The Balaban J connectivity index is 2.20. The van der Waals surface area contributed by atoms with Gasteiger partial charge in [-0.1, -0.05) is 29.9 Å². The zero-order valence-corrected chi connectivity index (χ0v) is 15.1. The molecule has 0 spiro atoms. The number of aromatic amines is 1. The molecule has 2 aromatic heterocycles. The van der Waals surface area contributed by atoms with Crippen molar-refractivity contribution in [1.82, 2.24) is 4.98 Å². The molecule has 0 saturated carbocycles. The number of hydrogen-bond donors (Lipinski definition) is 2. The predicted octanol–water partition coefficient (Wildman–Crippen LogP) is 3.34. The Morgan fingerprint density at radius 2 is 2.13 bits per heavy atom. The van der Waals surface area contributed by atoms with Crippen molar-refractivity contribution < 1.29 is 8.42 Å². The van der Waals surface area contributed by atoms with E-state index in [4.69, 9.17) is 29.6 Å². The number of hydrogen-bond acceptors (Lipinski definition) is 4. The van der Waals surface area contributed by atoms with Gasteiger partial charge in [0.1, 0.15) is 9.20 Å². The number of nitrogens with zero attached hydrogens (tertiary/aromatic N) is 1. The van der Waals surface area contributed by atoms with Gasteiger partial charge in [-0.2, -0.15) is 0 Å². The maximum absolute atomic E-state index is 12.7. The van der Waals surface area contributed by atoms with Crippen molar-refractivity contribution in [3.63, 3.8) is 0 Å². The molecule has 3 rings (SSSR count). The molecular weight excluding hydrogens is 374 g/mol. The van der Waals surface area contributed by atoms with Crippen LogP contribution >= 0.6 is 35.2 Å². The van der Waals surface area contributed by atoms with Gasteiger partial charge in [0.05, 0.1) is 21.9 Å². The minimum Gasteiger partial charge on any atom is -0.388 e. The molecule has 0 bridgehead atoms. The highest BCUT2D eigenvalue weighted by molar-refractivity contribution is 7.94. The zero-order chi connectivity index (χ0) is 16.8. The van der Waals surface area contributed by atoms with E-state index in [-0.39, 0.29) is 9.20 Å². The van der Waals surface area contributed by atoms with Gasteiger partial charge >= 0.3 is 0 Å². The number of fused-ring (bicyclic) bond motifs is 1. The van der Waals surface area contributed by atoms with E-state index in [9.17, 15) is 8.42 Å². The second-order valence-corrected chi connectivity index (χ2v) is 8.80. The highest BCUT2D eigenvalue weighted by atomic mass is 35.5. The first-order valence-corrected chi connectivity index (χ1v) is 9.56. The summed E-state index contributed by atoms with van der Waals surface area (Å²) in [5.74, 6) is 0. The standard InChI is InChI=1S/C14H12ClN3O2S3/c1-18(23(19,20)12-3-2-6-22-12)11-5-4-9(15)8-7-10(14(16)21)17-13(8)11/h2-7,17H,1H3,(H2,16,21). The van der Waals surface area contributed by atoms with Crippen molar-refractivity contribution in [2.45, 2.75) is 4.21 Å². The second kappa shape index (κ2) is 5.79. The van der Waals surface area contributed by atoms with Crippen LogP contribution in [0.15, 0.2) is 39.9 Å². The van der Waals surface area contributed by atoms with Crippen LogP contribution in [-0.2, 0) is 10.0 Å². The highest BCUT2D eigenvalue weighted by Gasteiger charge is 2.25. The topological polar surface area (TPSA) is 79.2 Å². The van der Waals surface area contributed by atoms with E-state index in [1.807, 2.05) is 0 Å². The molecule has 3 N–H and O–H groups in total. The van der Waals surface area contributed by atoms with Crippen molar-refractivity contribution in [3.05, 3.63) is 46.4 Å². The van der Waals surface area contributed by atoms with Gasteiger partial charge in [-0.25, -0.2) is 8.42 Å². The lowest BCUT2D eigenvalue weighted by Crippen LogP contribution is -2.26. The summed E-state index contributed by atoms with van der Waals surface area (Å²) in [5, 5.41) is 2.88. The van der Waals surface area contributed by atoms with Crippen LogP contribution in [0.5, 0.6) is 0 Å². The van der Waals surface area contributed by atoms with Gasteiger partial charge in [-0.3, -0.25) is 4.31 Å². The molecule has 0 unspecified atom stereocenters. The van der Waals surface area contributed by atoms with Crippen LogP contribution < -0.4 is 10.0 Å². The number of sulfonamides is 1. The summed E-state index contributed by atoms with van der Waals surface area (Å²) in [7, 11) is -2.14. The Kier molecular flexibility index (Phi) is 4.09. The van der Waals surface area contributed by atoms with Crippen molar-refractivity contribution in [3.8, 4) is 0 Å². The maximum atomic E-state index is 12.7. The van der Waals surface area contributed by atoms with E-state index in [0.717, 1.165) is 11.3 Å². The van der Waals surface area contributed by atoms with Gasteiger partial charge in [0.15, 0.2) is 0 Å². The predicted molar refractivity (Wildman–Crippen MR) is 99.1 cm³/mol. The van der Waals surface area contributed by atoms with E-state index in [1.165, 1.54) is 11.4 Å². The summed E-state index contributed by atoms with van der Waals surface area (Å²) >= 11 is 12.3. The molecule has 9 heteroatoms. The van der Waals surface area contributed by atoms with Crippen LogP contribution in [0, 0.1) is 0 Å². The summed E-state index contributed by atoms with van der Waals surface area (Å²) in [4.78, 5) is 3.24. The van der Waals surface area contributed by atoms with Gasteiger partial charge in [0.2, 0.25) is 0 Å². The largest absolute Gasteiger partial charge is 0.388 e. The summed E-state index contributed by atoms with van der Waals surface area (Å²) in [6.45, 7) is 0. The average Bonchev–Trinajstić information content (AvgIpc) is 3.17. The lowest BCUT2D eigenvalue weighted by Gasteiger charge is -2.19. The van der Waals surface area contributed by atoms with Crippen molar-refractivity contribution >= 4 is 66.8 Å². The van der Waals surface area contributed by atoms with Crippen LogP contribution in [0.25, 0.3) is 10.9 Å². The Labute approximate surface area is 147 Å². The maximum Gasteiger partial charge on any atom is 0.273 e. The molecule has 2 heterocycles. The molecule has 0 aliphatic rings. The zero-order valence-electron chi connectivity index (χ0n) is 11.9. The number of anilines is 1. The molecule has 0 aliphatic heterocycles. The third kappa shape index (κ3) is 2.72. The number of nitrogens with two attached hydrogens (primary N) is 1. The molecule has 0 fully saturated rings. The molecule has 0 radical (unpaired) electrons.